The van der Waals surface area contributed by atoms with Crippen molar-refractivity contribution in [2.75, 3.05) is 13.1 Å². The highest BCUT2D eigenvalue weighted by molar-refractivity contribution is 7.89. The van der Waals surface area contributed by atoms with Gasteiger partial charge in [0, 0.05) is 25.0 Å². The Bertz CT molecular complexity index is 740. The topological polar surface area (TPSA) is 66.5 Å². The lowest BCUT2D eigenvalue weighted by molar-refractivity contribution is -0.131. The summed E-state index contributed by atoms with van der Waals surface area (Å²) >= 11 is 0. The zero-order chi connectivity index (χ0) is 16.0. The first-order valence-electron chi connectivity index (χ1n) is 8.46. The summed E-state index contributed by atoms with van der Waals surface area (Å²) in [5.74, 6) is 0.395. The van der Waals surface area contributed by atoms with Crippen molar-refractivity contribution in [3.05, 3.63) is 29.3 Å². The fourth-order valence-corrected chi connectivity index (χ4v) is 4.96. The Labute approximate surface area is 137 Å². The quantitative estimate of drug-likeness (QED) is 0.907. The van der Waals surface area contributed by atoms with Crippen LogP contribution in [0, 0.1) is 5.92 Å². The molecule has 1 saturated carbocycles. The number of benzene rings is 1. The Balaban J connectivity index is 1.44. The number of hydrogen-bond donors (Lipinski definition) is 1. The van der Waals surface area contributed by atoms with Crippen molar-refractivity contribution in [3.63, 3.8) is 0 Å². The smallest absolute Gasteiger partial charge is 0.240 e. The second-order valence-corrected chi connectivity index (χ2v) is 8.66. The predicted molar refractivity (Wildman–Crippen MR) is 86.5 cm³/mol. The SMILES string of the molecule is O=C(C1CC1)N1CCC(NS(=O)(=O)c2ccc3c(c2)CCC3)C1. The number of hydrogen-bond acceptors (Lipinski definition) is 3. The zero-order valence-corrected chi connectivity index (χ0v) is 13.9. The molecule has 4 rings (SSSR count). The number of likely N-dealkylation sites (tertiary alicyclic amines) is 1. The van der Waals surface area contributed by atoms with Crippen LogP contribution in [-0.4, -0.2) is 38.4 Å². The van der Waals surface area contributed by atoms with Crippen molar-refractivity contribution < 1.29 is 13.2 Å². The third kappa shape index (κ3) is 3.02. The van der Waals surface area contributed by atoms with Gasteiger partial charge >= 0.3 is 0 Å². The molecule has 5 nitrogen and oxygen atoms in total. The van der Waals surface area contributed by atoms with E-state index in [9.17, 15) is 13.2 Å². The Morgan fingerprint density at radius 2 is 1.91 bits per heavy atom. The van der Waals surface area contributed by atoms with Crippen molar-refractivity contribution in [1.29, 1.82) is 0 Å². The summed E-state index contributed by atoms with van der Waals surface area (Å²) in [6.07, 6.45) is 5.78. The molecule has 2 aliphatic carbocycles. The molecule has 1 saturated heterocycles. The third-order valence-corrected chi connectivity index (χ3v) is 6.65. The van der Waals surface area contributed by atoms with Crippen LogP contribution in [0.2, 0.25) is 0 Å². The van der Waals surface area contributed by atoms with Gasteiger partial charge in [-0.05, 0) is 61.8 Å². The number of carbonyl (C=O) groups excluding carboxylic acids is 1. The Hall–Kier alpha value is -1.40. The van der Waals surface area contributed by atoms with Crippen LogP contribution < -0.4 is 4.72 Å². The minimum atomic E-state index is -3.51. The monoisotopic (exact) mass is 334 g/mol. The number of fused-ring (bicyclic) bond motifs is 1. The molecule has 0 aromatic heterocycles. The minimum Gasteiger partial charge on any atom is -0.341 e. The number of carbonyl (C=O) groups is 1. The summed E-state index contributed by atoms with van der Waals surface area (Å²) in [6, 6.07) is 5.28. The number of aryl methyl sites for hydroxylation is 2. The number of sulfonamides is 1. The summed E-state index contributed by atoms with van der Waals surface area (Å²) in [5, 5.41) is 0. The van der Waals surface area contributed by atoms with Crippen LogP contribution in [0.3, 0.4) is 0 Å². The van der Waals surface area contributed by atoms with Crippen molar-refractivity contribution in [2.45, 2.75) is 49.5 Å². The normalized spacial score (nSPS) is 24.0. The molecule has 1 aromatic carbocycles. The average Bonchev–Trinajstić information content (AvgIpc) is 3.09. The van der Waals surface area contributed by atoms with Gasteiger partial charge in [0.25, 0.3) is 0 Å². The first-order chi connectivity index (χ1) is 11.0. The summed E-state index contributed by atoms with van der Waals surface area (Å²) < 4.78 is 28.0. The van der Waals surface area contributed by atoms with E-state index >= 15 is 0 Å². The lowest BCUT2D eigenvalue weighted by Crippen LogP contribution is -2.38. The molecule has 1 amide bonds. The van der Waals surface area contributed by atoms with E-state index in [2.05, 4.69) is 4.72 Å². The van der Waals surface area contributed by atoms with Crippen molar-refractivity contribution in [3.8, 4) is 0 Å². The van der Waals surface area contributed by atoms with Gasteiger partial charge in [-0.15, -0.1) is 0 Å². The molecular weight excluding hydrogens is 312 g/mol. The second-order valence-electron chi connectivity index (χ2n) is 6.95. The average molecular weight is 334 g/mol. The van der Waals surface area contributed by atoms with E-state index in [1.165, 1.54) is 5.56 Å². The molecule has 0 spiro atoms. The van der Waals surface area contributed by atoms with Gasteiger partial charge < -0.3 is 4.90 Å². The van der Waals surface area contributed by atoms with Crippen LogP contribution in [0.1, 0.15) is 36.8 Å². The van der Waals surface area contributed by atoms with E-state index in [4.69, 9.17) is 0 Å². The summed E-state index contributed by atoms with van der Waals surface area (Å²) in [5.41, 5.74) is 2.43. The maximum absolute atomic E-state index is 12.6. The van der Waals surface area contributed by atoms with E-state index < -0.39 is 10.0 Å². The molecule has 124 valence electrons. The van der Waals surface area contributed by atoms with Crippen molar-refractivity contribution in [1.82, 2.24) is 9.62 Å². The van der Waals surface area contributed by atoms with E-state index in [-0.39, 0.29) is 17.9 Å². The molecule has 1 N–H and O–H groups in total. The molecule has 1 unspecified atom stereocenters. The predicted octanol–water partition coefficient (Wildman–Crippen LogP) is 1.46. The molecule has 0 bridgehead atoms. The van der Waals surface area contributed by atoms with E-state index in [0.717, 1.165) is 37.7 Å². The molecule has 1 atom stereocenters. The summed E-state index contributed by atoms with van der Waals surface area (Å²) in [7, 11) is -3.51. The zero-order valence-electron chi connectivity index (χ0n) is 13.1. The van der Waals surface area contributed by atoms with Crippen LogP contribution in [0.25, 0.3) is 0 Å². The molecule has 23 heavy (non-hydrogen) atoms. The fourth-order valence-electron chi connectivity index (χ4n) is 3.65. The number of amides is 1. The maximum Gasteiger partial charge on any atom is 0.240 e. The van der Waals surface area contributed by atoms with Crippen LogP contribution in [-0.2, 0) is 27.7 Å². The molecule has 1 aromatic rings. The van der Waals surface area contributed by atoms with Crippen LogP contribution in [0.5, 0.6) is 0 Å². The summed E-state index contributed by atoms with van der Waals surface area (Å²) in [6.45, 7) is 1.16. The Morgan fingerprint density at radius 1 is 1.13 bits per heavy atom. The highest BCUT2D eigenvalue weighted by atomic mass is 32.2. The number of rotatable bonds is 4. The standard InChI is InChI=1S/C17H22N2O3S/c20-17(13-4-5-13)19-9-8-15(11-19)18-23(21,22)16-7-6-12-2-1-3-14(12)10-16/h6-7,10,13,15,18H,1-5,8-9,11H2. The number of nitrogens with one attached hydrogen (secondary N) is 1. The molecule has 1 aliphatic heterocycles. The van der Waals surface area contributed by atoms with E-state index in [1.54, 1.807) is 6.07 Å². The number of nitrogens with zero attached hydrogens (tertiary/aromatic N) is 1. The molecule has 6 heteroatoms. The van der Waals surface area contributed by atoms with Crippen molar-refractivity contribution >= 4 is 15.9 Å². The van der Waals surface area contributed by atoms with Gasteiger partial charge in [0.1, 0.15) is 0 Å². The lowest BCUT2D eigenvalue weighted by atomic mass is 10.1. The molecule has 2 fully saturated rings. The third-order valence-electron chi connectivity index (χ3n) is 5.13. The largest absolute Gasteiger partial charge is 0.341 e. The van der Waals surface area contributed by atoms with Crippen LogP contribution in [0.15, 0.2) is 23.1 Å². The van der Waals surface area contributed by atoms with E-state index in [1.807, 2.05) is 17.0 Å². The van der Waals surface area contributed by atoms with Crippen LogP contribution in [0.4, 0.5) is 0 Å². The van der Waals surface area contributed by atoms with Gasteiger partial charge in [0.2, 0.25) is 15.9 Å². The fraction of sp³-hybridized carbons (Fsp3) is 0.588. The Morgan fingerprint density at radius 3 is 2.70 bits per heavy atom. The molecule has 1 heterocycles. The van der Waals surface area contributed by atoms with Gasteiger partial charge in [-0.1, -0.05) is 6.07 Å². The van der Waals surface area contributed by atoms with Gasteiger partial charge in [0.15, 0.2) is 0 Å². The second kappa shape index (κ2) is 5.60. The molecular formula is C17H22N2O3S. The molecule has 0 radical (unpaired) electrons. The first-order valence-corrected chi connectivity index (χ1v) is 9.94. The first kappa shape index (κ1) is 15.1. The van der Waals surface area contributed by atoms with Gasteiger partial charge in [-0.3, -0.25) is 4.79 Å². The van der Waals surface area contributed by atoms with E-state index in [0.29, 0.717) is 24.4 Å². The minimum absolute atomic E-state index is 0.170. The maximum atomic E-state index is 12.6. The highest BCUT2D eigenvalue weighted by Crippen LogP contribution is 2.32. The summed E-state index contributed by atoms with van der Waals surface area (Å²) in [4.78, 5) is 14.2. The molecule has 3 aliphatic rings. The van der Waals surface area contributed by atoms with Gasteiger partial charge in [-0.2, -0.15) is 0 Å². The van der Waals surface area contributed by atoms with Gasteiger partial charge in [0.05, 0.1) is 4.90 Å². The van der Waals surface area contributed by atoms with Crippen molar-refractivity contribution in [2.24, 2.45) is 5.92 Å². The Kier molecular flexibility index (Phi) is 3.69. The van der Waals surface area contributed by atoms with Gasteiger partial charge in [-0.25, -0.2) is 13.1 Å². The highest BCUT2D eigenvalue weighted by Gasteiger charge is 2.37. The van der Waals surface area contributed by atoms with Crippen LogP contribution >= 0.6 is 0 Å². The lowest BCUT2D eigenvalue weighted by Gasteiger charge is -2.17.